The SMILES string of the molecule is CC[C@@H](Sc1nc2ncccc2c(=O)n1Cc1ccc(F)cc1)C(=O)NCc1ccc(C)cc1. The van der Waals surface area contributed by atoms with E-state index >= 15 is 0 Å². The standard InChI is InChI=1S/C26H25FN4O2S/c1-3-22(24(32)29-15-18-8-6-17(2)7-9-18)34-26-30-23-21(5-4-14-28-23)25(33)31(26)16-19-10-12-20(27)13-11-19/h4-14,22H,3,15-16H2,1-2H3,(H,29,32)/t22-/m1/s1. The second kappa shape index (κ2) is 10.6. The lowest BCUT2D eigenvalue weighted by Crippen LogP contribution is -2.33. The third-order valence-corrected chi connectivity index (χ3v) is 6.80. The number of amides is 1. The first kappa shape index (κ1) is 23.6. The Balaban J connectivity index is 1.61. The Morgan fingerprint density at radius 2 is 1.79 bits per heavy atom. The van der Waals surface area contributed by atoms with Crippen LogP contribution in [0.1, 0.15) is 30.0 Å². The highest BCUT2D eigenvalue weighted by atomic mass is 32.2. The molecule has 2 heterocycles. The van der Waals surface area contributed by atoms with E-state index < -0.39 is 5.25 Å². The van der Waals surface area contributed by atoms with Gasteiger partial charge in [0.05, 0.1) is 17.2 Å². The number of nitrogens with one attached hydrogen (secondary N) is 1. The van der Waals surface area contributed by atoms with Crippen molar-refractivity contribution in [3.05, 3.63) is 99.7 Å². The van der Waals surface area contributed by atoms with Crippen LogP contribution < -0.4 is 10.9 Å². The van der Waals surface area contributed by atoms with Gasteiger partial charge in [-0.2, -0.15) is 0 Å². The second-order valence-electron chi connectivity index (χ2n) is 8.00. The number of carbonyl (C=O) groups is 1. The summed E-state index contributed by atoms with van der Waals surface area (Å²) in [6.45, 7) is 4.57. The molecule has 1 atom stereocenters. The van der Waals surface area contributed by atoms with E-state index in [1.165, 1.54) is 28.5 Å². The molecule has 2 aromatic heterocycles. The average Bonchev–Trinajstić information content (AvgIpc) is 2.85. The van der Waals surface area contributed by atoms with E-state index in [4.69, 9.17) is 0 Å². The number of rotatable bonds is 8. The first-order chi connectivity index (χ1) is 16.4. The van der Waals surface area contributed by atoms with E-state index in [-0.39, 0.29) is 23.8 Å². The molecule has 0 aliphatic heterocycles. The number of hydrogen-bond acceptors (Lipinski definition) is 5. The Kier molecular flexibility index (Phi) is 7.37. The zero-order valence-corrected chi connectivity index (χ0v) is 19.8. The number of halogens is 1. The number of aryl methyl sites for hydroxylation is 1. The van der Waals surface area contributed by atoms with Gasteiger partial charge in [0, 0.05) is 12.7 Å². The molecule has 8 heteroatoms. The van der Waals surface area contributed by atoms with Crippen molar-refractivity contribution in [2.45, 2.75) is 43.8 Å². The van der Waals surface area contributed by atoms with Crippen LogP contribution in [-0.4, -0.2) is 25.7 Å². The summed E-state index contributed by atoms with van der Waals surface area (Å²) in [5.41, 5.74) is 3.01. The highest BCUT2D eigenvalue weighted by Crippen LogP contribution is 2.25. The summed E-state index contributed by atoms with van der Waals surface area (Å²) in [5, 5.41) is 3.33. The smallest absolute Gasteiger partial charge is 0.263 e. The normalized spacial score (nSPS) is 12.0. The van der Waals surface area contributed by atoms with E-state index in [0.29, 0.717) is 29.2 Å². The summed E-state index contributed by atoms with van der Waals surface area (Å²) < 4.78 is 14.9. The molecule has 0 aliphatic rings. The van der Waals surface area contributed by atoms with Crippen molar-refractivity contribution in [3.8, 4) is 0 Å². The summed E-state index contributed by atoms with van der Waals surface area (Å²) in [7, 11) is 0. The lowest BCUT2D eigenvalue weighted by atomic mass is 10.1. The van der Waals surface area contributed by atoms with Crippen LogP contribution in [0.2, 0.25) is 0 Å². The van der Waals surface area contributed by atoms with Crippen molar-refractivity contribution < 1.29 is 9.18 Å². The van der Waals surface area contributed by atoms with Gasteiger partial charge in [0.1, 0.15) is 5.82 Å². The van der Waals surface area contributed by atoms with Gasteiger partial charge < -0.3 is 5.32 Å². The van der Waals surface area contributed by atoms with E-state index in [9.17, 15) is 14.0 Å². The minimum atomic E-state index is -0.446. The molecule has 1 amide bonds. The Bertz CT molecular complexity index is 1350. The molecular weight excluding hydrogens is 451 g/mol. The maximum Gasteiger partial charge on any atom is 0.263 e. The number of benzene rings is 2. The van der Waals surface area contributed by atoms with Gasteiger partial charge in [-0.3, -0.25) is 14.2 Å². The van der Waals surface area contributed by atoms with Gasteiger partial charge in [0.2, 0.25) is 5.91 Å². The van der Waals surface area contributed by atoms with Gasteiger partial charge >= 0.3 is 0 Å². The number of thioether (sulfide) groups is 1. The number of aromatic nitrogens is 3. The summed E-state index contributed by atoms with van der Waals surface area (Å²) in [6.07, 6.45) is 2.14. The van der Waals surface area contributed by atoms with Crippen LogP contribution in [0.5, 0.6) is 0 Å². The lowest BCUT2D eigenvalue weighted by Gasteiger charge is -2.18. The fourth-order valence-corrected chi connectivity index (χ4v) is 4.52. The average molecular weight is 477 g/mol. The van der Waals surface area contributed by atoms with Gasteiger partial charge in [0.15, 0.2) is 10.8 Å². The van der Waals surface area contributed by atoms with E-state index in [1.54, 1.807) is 30.5 Å². The van der Waals surface area contributed by atoms with Crippen molar-refractivity contribution >= 4 is 28.7 Å². The van der Waals surface area contributed by atoms with Crippen LogP contribution in [0.4, 0.5) is 4.39 Å². The minimum Gasteiger partial charge on any atom is -0.351 e. The fourth-order valence-electron chi connectivity index (χ4n) is 3.50. The van der Waals surface area contributed by atoms with Crippen LogP contribution in [0, 0.1) is 12.7 Å². The minimum absolute atomic E-state index is 0.128. The first-order valence-electron chi connectivity index (χ1n) is 11.0. The van der Waals surface area contributed by atoms with Crippen LogP contribution in [0.15, 0.2) is 76.8 Å². The number of pyridine rings is 1. The molecule has 34 heavy (non-hydrogen) atoms. The molecule has 6 nitrogen and oxygen atoms in total. The van der Waals surface area contributed by atoms with Gasteiger partial charge in [-0.1, -0.05) is 60.6 Å². The van der Waals surface area contributed by atoms with E-state index in [1.807, 2.05) is 38.1 Å². The molecule has 0 unspecified atom stereocenters. The third kappa shape index (κ3) is 5.51. The zero-order chi connectivity index (χ0) is 24.1. The molecule has 0 saturated heterocycles. The topological polar surface area (TPSA) is 76.9 Å². The lowest BCUT2D eigenvalue weighted by molar-refractivity contribution is -0.120. The fraction of sp³-hybridized carbons (Fsp3) is 0.231. The highest BCUT2D eigenvalue weighted by molar-refractivity contribution is 8.00. The Labute approximate surface area is 201 Å². The summed E-state index contributed by atoms with van der Waals surface area (Å²) >= 11 is 1.24. The Morgan fingerprint density at radius 3 is 2.50 bits per heavy atom. The quantitative estimate of drug-likeness (QED) is 0.300. The van der Waals surface area contributed by atoms with Crippen LogP contribution in [0.25, 0.3) is 11.0 Å². The number of nitrogens with zero attached hydrogens (tertiary/aromatic N) is 3. The van der Waals surface area contributed by atoms with Crippen LogP contribution in [-0.2, 0) is 17.9 Å². The van der Waals surface area contributed by atoms with Gasteiger partial charge in [0.25, 0.3) is 5.56 Å². The van der Waals surface area contributed by atoms with Gasteiger partial charge in [-0.15, -0.1) is 0 Å². The van der Waals surface area contributed by atoms with Crippen molar-refractivity contribution in [1.29, 1.82) is 0 Å². The predicted molar refractivity (Wildman–Crippen MR) is 132 cm³/mol. The van der Waals surface area contributed by atoms with Gasteiger partial charge in [-0.25, -0.2) is 14.4 Å². The number of carbonyl (C=O) groups excluding carboxylic acids is 1. The molecule has 0 fully saturated rings. The predicted octanol–water partition coefficient (Wildman–Crippen LogP) is 4.47. The maximum atomic E-state index is 13.4. The molecule has 2 aromatic carbocycles. The Hall–Kier alpha value is -3.52. The van der Waals surface area contributed by atoms with Crippen molar-refractivity contribution in [2.75, 3.05) is 0 Å². The second-order valence-corrected chi connectivity index (χ2v) is 9.17. The number of fused-ring (bicyclic) bond motifs is 1. The molecule has 0 aliphatic carbocycles. The monoisotopic (exact) mass is 476 g/mol. The maximum absolute atomic E-state index is 13.4. The van der Waals surface area contributed by atoms with Gasteiger partial charge in [-0.05, 0) is 48.7 Å². The molecule has 0 radical (unpaired) electrons. The van der Waals surface area contributed by atoms with Crippen molar-refractivity contribution in [2.24, 2.45) is 0 Å². The van der Waals surface area contributed by atoms with E-state index in [0.717, 1.165) is 16.7 Å². The molecular formula is C26H25FN4O2S. The largest absolute Gasteiger partial charge is 0.351 e. The summed E-state index contributed by atoms with van der Waals surface area (Å²) in [5.74, 6) is -0.473. The van der Waals surface area contributed by atoms with Crippen molar-refractivity contribution in [1.82, 2.24) is 19.9 Å². The number of hydrogen-bond donors (Lipinski definition) is 1. The van der Waals surface area contributed by atoms with Crippen molar-refractivity contribution in [3.63, 3.8) is 0 Å². The molecule has 174 valence electrons. The molecule has 4 aromatic rings. The third-order valence-electron chi connectivity index (χ3n) is 5.45. The molecule has 0 spiro atoms. The molecule has 0 bridgehead atoms. The molecule has 0 saturated carbocycles. The van der Waals surface area contributed by atoms with Crippen LogP contribution >= 0.6 is 11.8 Å². The first-order valence-corrected chi connectivity index (χ1v) is 11.9. The summed E-state index contributed by atoms with van der Waals surface area (Å²) in [4.78, 5) is 35.1. The molecule has 1 N–H and O–H groups in total. The zero-order valence-electron chi connectivity index (χ0n) is 19.0. The summed E-state index contributed by atoms with van der Waals surface area (Å²) in [6, 6.07) is 17.3. The Morgan fingerprint density at radius 1 is 1.09 bits per heavy atom. The molecule has 4 rings (SSSR count). The van der Waals surface area contributed by atoms with E-state index in [2.05, 4.69) is 15.3 Å². The van der Waals surface area contributed by atoms with Crippen LogP contribution in [0.3, 0.4) is 0 Å². The highest BCUT2D eigenvalue weighted by Gasteiger charge is 2.22.